The molecule has 0 aromatic heterocycles. The SMILES string of the molecule is CCCN(C(=O)C(Cc1ccccc1)NC(=O)OC(C)(C)C)C(C(=O)Nc1ccc(OC)cc1)c1cccc(C)c1O. The molecule has 9 nitrogen and oxygen atoms in total. The van der Waals surface area contributed by atoms with Gasteiger partial charge < -0.3 is 30.1 Å². The maximum Gasteiger partial charge on any atom is 0.408 e. The number of nitrogens with one attached hydrogen (secondary N) is 2. The standard InChI is InChI=1S/C33H41N3O6/c1-7-20-36(31(39)27(21-23-13-9-8-10-14-23)35-32(40)42-33(3,4)5)28(26-15-11-12-22(2)29(26)37)30(38)34-24-16-18-25(41-6)19-17-24/h8-19,27-28,37H,7,20-21H2,1-6H3,(H,34,38)(H,35,40). The van der Waals surface area contributed by atoms with Gasteiger partial charge in [-0.15, -0.1) is 0 Å². The summed E-state index contributed by atoms with van der Waals surface area (Å²) in [7, 11) is 1.55. The van der Waals surface area contributed by atoms with Crippen molar-refractivity contribution in [2.24, 2.45) is 0 Å². The average molecular weight is 576 g/mol. The van der Waals surface area contributed by atoms with Crippen molar-refractivity contribution >= 4 is 23.6 Å². The third-order valence-corrected chi connectivity index (χ3v) is 6.50. The van der Waals surface area contributed by atoms with Gasteiger partial charge in [0.05, 0.1) is 7.11 Å². The molecule has 3 rings (SSSR count). The molecule has 0 aliphatic carbocycles. The fraction of sp³-hybridized carbons (Fsp3) is 0.364. The minimum Gasteiger partial charge on any atom is -0.507 e. The lowest BCUT2D eigenvalue weighted by atomic mass is 9.97. The van der Waals surface area contributed by atoms with Crippen LogP contribution in [0, 0.1) is 6.92 Å². The molecule has 0 bridgehead atoms. The number of para-hydroxylation sites is 1. The molecule has 0 saturated heterocycles. The van der Waals surface area contributed by atoms with Gasteiger partial charge in [-0.05, 0) is 69.5 Å². The van der Waals surface area contributed by atoms with E-state index in [1.807, 2.05) is 37.3 Å². The lowest BCUT2D eigenvalue weighted by Crippen LogP contribution is -2.53. The van der Waals surface area contributed by atoms with Crippen LogP contribution in [0.5, 0.6) is 11.5 Å². The Bertz CT molecular complexity index is 1350. The quantitative estimate of drug-likeness (QED) is 0.268. The van der Waals surface area contributed by atoms with E-state index in [1.165, 1.54) is 4.90 Å². The number of amides is 3. The first-order chi connectivity index (χ1) is 19.9. The van der Waals surface area contributed by atoms with E-state index in [2.05, 4.69) is 10.6 Å². The van der Waals surface area contributed by atoms with E-state index in [0.29, 0.717) is 23.4 Å². The second-order valence-corrected chi connectivity index (χ2v) is 11.1. The topological polar surface area (TPSA) is 117 Å². The highest BCUT2D eigenvalue weighted by molar-refractivity contribution is 5.99. The summed E-state index contributed by atoms with van der Waals surface area (Å²) in [6, 6.07) is 18.9. The molecular formula is C33H41N3O6. The van der Waals surface area contributed by atoms with Crippen LogP contribution in [-0.4, -0.2) is 53.2 Å². The minimum atomic E-state index is -1.20. The first-order valence-electron chi connectivity index (χ1n) is 14.0. The van der Waals surface area contributed by atoms with Gasteiger partial charge in [-0.3, -0.25) is 9.59 Å². The smallest absolute Gasteiger partial charge is 0.408 e. The van der Waals surface area contributed by atoms with E-state index in [4.69, 9.17) is 9.47 Å². The van der Waals surface area contributed by atoms with Crippen molar-refractivity contribution in [3.05, 3.63) is 89.5 Å². The van der Waals surface area contributed by atoms with Crippen molar-refractivity contribution in [1.82, 2.24) is 10.2 Å². The number of methoxy groups -OCH3 is 1. The maximum absolute atomic E-state index is 14.4. The summed E-state index contributed by atoms with van der Waals surface area (Å²) in [4.78, 5) is 42.6. The number of hydrogen-bond acceptors (Lipinski definition) is 6. The Morgan fingerprint density at radius 1 is 0.952 bits per heavy atom. The molecule has 42 heavy (non-hydrogen) atoms. The van der Waals surface area contributed by atoms with Crippen LogP contribution in [0.2, 0.25) is 0 Å². The van der Waals surface area contributed by atoms with Gasteiger partial charge in [0.1, 0.15) is 29.2 Å². The third-order valence-electron chi connectivity index (χ3n) is 6.50. The Balaban J connectivity index is 2.06. The number of alkyl carbamates (subject to hydrolysis) is 1. The molecule has 9 heteroatoms. The van der Waals surface area contributed by atoms with Crippen LogP contribution in [0.15, 0.2) is 72.8 Å². The predicted octanol–water partition coefficient (Wildman–Crippen LogP) is 5.76. The molecule has 0 heterocycles. The van der Waals surface area contributed by atoms with Crippen molar-refractivity contribution in [2.45, 2.75) is 65.1 Å². The molecule has 0 radical (unpaired) electrons. The van der Waals surface area contributed by atoms with Crippen LogP contribution in [0.1, 0.15) is 56.8 Å². The molecule has 3 aromatic rings. The zero-order chi connectivity index (χ0) is 30.9. The summed E-state index contributed by atoms with van der Waals surface area (Å²) in [5, 5.41) is 16.7. The first-order valence-corrected chi connectivity index (χ1v) is 14.0. The highest BCUT2D eigenvalue weighted by atomic mass is 16.6. The highest BCUT2D eigenvalue weighted by Gasteiger charge is 2.37. The largest absolute Gasteiger partial charge is 0.507 e. The van der Waals surface area contributed by atoms with Gasteiger partial charge in [-0.2, -0.15) is 0 Å². The molecule has 3 amide bonds. The van der Waals surface area contributed by atoms with Crippen LogP contribution < -0.4 is 15.4 Å². The van der Waals surface area contributed by atoms with Crippen LogP contribution in [0.25, 0.3) is 0 Å². The van der Waals surface area contributed by atoms with E-state index in [-0.39, 0.29) is 24.3 Å². The Labute approximate surface area is 247 Å². The van der Waals surface area contributed by atoms with Crippen molar-refractivity contribution in [1.29, 1.82) is 0 Å². The van der Waals surface area contributed by atoms with Crippen molar-refractivity contribution in [3.8, 4) is 11.5 Å². The molecule has 0 aliphatic rings. The molecule has 224 valence electrons. The minimum absolute atomic E-state index is 0.0824. The number of anilines is 1. The molecule has 0 aliphatic heterocycles. The predicted molar refractivity (Wildman–Crippen MR) is 163 cm³/mol. The van der Waals surface area contributed by atoms with Gasteiger partial charge in [0, 0.05) is 24.2 Å². The lowest BCUT2D eigenvalue weighted by Gasteiger charge is -2.34. The van der Waals surface area contributed by atoms with Crippen molar-refractivity contribution < 1.29 is 29.0 Å². The second kappa shape index (κ2) is 14.4. The van der Waals surface area contributed by atoms with Gasteiger partial charge in [-0.1, -0.05) is 55.5 Å². The highest BCUT2D eigenvalue weighted by Crippen LogP contribution is 2.33. The average Bonchev–Trinajstić information content (AvgIpc) is 2.94. The van der Waals surface area contributed by atoms with Crippen LogP contribution >= 0.6 is 0 Å². The molecule has 3 N–H and O–H groups in total. The molecule has 3 aromatic carbocycles. The zero-order valence-electron chi connectivity index (χ0n) is 25.1. The Kier molecular flexibility index (Phi) is 11.0. The normalized spacial score (nSPS) is 12.5. The molecule has 0 spiro atoms. The summed E-state index contributed by atoms with van der Waals surface area (Å²) in [6.45, 7) is 9.03. The second-order valence-electron chi connectivity index (χ2n) is 11.1. The van der Waals surface area contributed by atoms with E-state index >= 15 is 0 Å². The molecule has 2 unspecified atom stereocenters. The lowest BCUT2D eigenvalue weighted by molar-refractivity contribution is -0.140. The molecule has 2 atom stereocenters. The van der Waals surface area contributed by atoms with Gasteiger partial charge >= 0.3 is 6.09 Å². The van der Waals surface area contributed by atoms with Crippen molar-refractivity contribution in [3.63, 3.8) is 0 Å². The molecule has 0 fully saturated rings. The van der Waals surface area contributed by atoms with Gasteiger partial charge in [-0.25, -0.2) is 4.79 Å². The maximum atomic E-state index is 14.4. The number of carbonyl (C=O) groups excluding carboxylic acids is 3. The van der Waals surface area contributed by atoms with Crippen LogP contribution in [0.4, 0.5) is 10.5 Å². The van der Waals surface area contributed by atoms with Gasteiger partial charge in [0.15, 0.2) is 0 Å². The monoisotopic (exact) mass is 575 g/mol. The van der Waals surface area contributed by atoms with Crippen molar-refractivity contribution in [2.75, 3.05) is 19.0 Å². The first kappa shape index (κ1) is 32.0. The Hall–Kier alpha value is -4.53. The van der Waals surface area contributed by atoms with E-state index < -0.39 is 35.6 Å². The molecule has 0 saturated carbocycles. The Morgan fingerprint density at radius 3 is 2.21 bits per heavy atom. The number of phenolic OH excluding ortho intramolecular Hbond substituents is 1. The van der Waals surface area contributed by atoms with E-state index in [9.17, 15) is 19.5 Å². The summed E-state index contributed by atoms with van der Waals surface area (Å²) < 4.78 is 10.7. The van der Waals surface area contributed by atoms with E-state index in [1.54, 1.807) is 77.3 Å². The number of carbonyl (C=O) groups is 3. The molecular weight excluding hydrogens is 534 g/mol. The van der Waals surface area contributed by atoms with Crippen LogP contribution in [0.3, 0.4) is 0 Å². The number of aromatic hydroxyl groups is 1. The number of benzene rings is 3. The summed E-state index contributed by atoms with van der Waals surface area (Å²) in [6.07, 6.45) is -0.0493. The zero-order valence-corrected chi connectivity index (χ0v) is 25.1. The number of ether oxygens (including phenoxy) is 2. The number of nitrogens with zero attached hydrogens (tertiary/aromatic N) is 1. The third kappa shape index (κ3) is 8.73. The van der Waals surface area contributed by atoms with Crippen LogP contribution in [-0.2, 0) is 20.7 Å². The number of rotatable bonds is 11. The fourth-order valence-electron chi connectivity index (χ4n) is 4.55. The number of hydrogen-bond donors (Lipinski definition) is 3. The van der Waals surface area contributed by atoms with E-state index in [0.717, 1.165) is 5.56 Å². The summed E-state index contributed by atoms with van der Waals surface area (Å²) in [5.74, 6) is -0.456. The fourth-order valence-corrected chi connectivity index (χ4v) is 4.55. The summed E-state index contributed by atoms with van der Waals surface area (Å²) >= 11 is 0. The summed E-state index contributed by atoms with van der Waals surface area (Å²) in [5.41, 5.74) is 1.38. The number of aryl methyl sites for hydroxylation is 1. The van der Waals surface area contributed by atoms with Gasteiger partial charge in [0.25, 0.3) is 5.91 Å². The number of phenols is 1. The van der Waals surface area contributed by atoms with Gasteiger partial charge in [0.2, 0.25) is 5.91 Å². The Morgan fingerprint density at radius 2 is 1.62 bits per heavy atom.